The SMILES string of the molecule is CC(NC(=O)NCc1cnn(C)c1)c1nc(-c2ccccc2)cs1. The highest BCUT2D eigenvalue weighted by Gasteiger charge is 2.14. The van der Waals surface area contributed by atoms with E-state index in [-0.39, 0.29) is 12.1 Å². The van der Waals surface area contributed by atoms with Gasteiger partial charge in [-0.25, -0.2) is 9.78 Å². The van der Waals surface area contributed by atoms with E-state index >= 15 is 0 Å². The molecule has 2 heterocycles. The van der Waals surface area contributed by atoms with E-state index in [2.05, 4.69) is 20.7 Å². The molecule has 0 saturated carbocycles. The Hall–Kier alpha value is -2.67. The summed E-state index contributed by atoms with van der Waals surface area (Å²) in [6.07, 6.45) is 3.60. The van der Waals surface area contributed by atoms with Crippen molar-refractivity contribution < 1.29 is 4.79 Å². The third-order valence-electron chi connectivity index (χ3n) is 3.52. The van der Waals surface area contributed by atoms with Crippen molar-refractivity contribution in [3.05, 3.63) is 58.7 Å². The average Bonchev–Trinajstić information content (AvgIpc) is 3.23. The van der Waals surface area contributed by atoms with Gasteiger partial charge >= 0.3 is 6.03 Å². The van der Waals surface area contributed by atoms with Gasteiger partial charge in [0, 0.05) is 36.3 Å². The maximum Gasteiger partial charge on any atom is 0.315 e. The van der Waals surface area contributed by atoms with E-state index in [4.69, 9.17) is 0 Å². The van der Waals surface area contributed by atoms with Crippen LogP contribution >= 0.6 is 11.3 Å². The number of nitrogens with zero attached hydrogens (tertiary/aromatic N) is 3. The Bertz CT molecular complexity index is 811. The molecule has 0 aliphatic carbocycles. The van der Waals surface area contributed by atoms with Crippen molar-refractivity contribution >= 4 is 17.4 Å². The zero-order chi connectivity index (χ0) is 16.9. The standard InChI is InChI=1S/C17H19N5OS/c1-12(20-17(23)18-8-13-9-19-22(2)10-13)16-21-15(11-24-16)14-6-4-3-5-7-14/h3-7,9-12H,8H2,1-2H3,(H2,18,20,23). The fourth-order valence-electron chi connectivity index (χ4n) is 2.28. The van der Waals surface area contributed by atoms with E-state index in [0.29, 0.717) is 6.54 Å². The number of benzene rings is 1. The Balaban J connectivity index is 1.55. The van der Waals surface area contributed by atoms with Gasteiger partial charge in [0.15, 0.2) is 0 Å². The monoisotopic (exact) mass is 341 g/mol. The zero-order valence-corrected chi connectivity index (χ0v) is 14.4. The number of carbonyl (C=O) groups excluding carboxylic acids is 1. The van der Waals surface area contributed by atoms with Crippen LogP contribution in [0.1, 0.15) is 23.5 Å². The molecule has 24 heavy (non-hydrogen) atoms. The highest BCUT2D eigenvalue weighted by molar-refractivity contribution is 7.10. The highest BCUT2D eigenvalue weighted by atomic mass is 32.1. The van der Waals surface area contributed by atoms with Crippen LogP contribution in [0.2, 0.25) is 0 Å². The summed E-state index contributed by atoms with van der Waals surface area (Å²) in [5.41, 5.74) is 2.97. The number of aryl methyl sites for hydroxylation is 1. The largest absolute Gasteiger partial charge is 0.334 e. The molecule has 7 heteroatoms. The number of carbonyl (C=O) groups is 1. The second kappa shape index (κ2) is 7.27. The van der Waals surface area contributed by atoms with E-state index in [9.17, 15) is 4.79 Å². The van der Waals surface area contributed by atoms with Crippen molar-refractivity contribution in [2.24, 2.45) is 7.05 Å². The molecule has 3 aromatic rings. The quantitative estimate of drug-likeness (QED) is 0.749. The molecular weight excluding hydrogens is 322 g/mol. The summed E-state index contributed by atoms with van der Waals surface area (Å²) in [6.45, 7) is 2.37. The van der Waals surface area contributed by atoms with Gasteiger partial charge in [0.2, 0.25) is 0 Å². The third-order valence-corrected chi connectivity index (χ3v) is 4.55. The number of hydrogen-bond acceptors (Lipinski definition) is 4. The van der Waals surface area contributed by atoms with Gasteiger partial charge in [0.25, 0.3) is 0 Å². The maximum absolute atomic E-state index is 12.0. The number of thiazole rings is 1. The summed E-state index contributed by atoms with van der Waals surface area (Å²) in [5, 5.41) is 12.7. The van der Waals surface area contributed by atoms with E-state index in [1.165, 1.54) is 0 Å². The minimum absolute atomic E-state index is 0.152. The summed E-state index contributed by atoms with van der Waals surface area (Å²) >= 11 is 1.55. The molecule has 1 unspecified atom stereocenters. The van der Waals surface area contributed by atoms with Gasteiger partial charge < -0.3 is 10.6 Å². The molecular formula is C17H19N5OS. The summed E-state index contributed by atoms with van der Waals surface area (Å²) in [4.78, 5) is 16.6. The van der Waals surface area contributed by atoms with Crippen LogP contribution in [0.4, 0.5) is 4.79 Å². The number of urea groups is 1. The summed E-state index contributed by atoms with van der Waals surface area (Å²) in [6, 6.07) is 9.64. The molecule has 6 nitrogen and oxygen atoms in total. The van der Waals surface area contributed by atoms with Crippen LogP contribution in [0.3, 0.4) is 0 Å². The smallest absolute Gasteiger partial charge is 0.315 e. The molecule has 0 spiro atoms. The van der Waals surface area contributed by atoms with Gasteiger partial charge in [-0.15, -0.1) is 11.3 Å². The first-order valence-corrected chi connectivity index (χ1v) is 8.52. The van der Waals surface area contributed by atoms with Crippen molar-refractivity contribution in [3.63, 3.8) is 0 Å². The molecule has 2 N–H and O–H groups in total. The molecule has 2 aromatic heterocycles. The van der Waals surface area contributed by atoms with E-state index < -0.39 is 0 Å². The van der Waals surface area contributed by atoms with Crippen molar-refractivity contribution in [3.8, 4) is 11.3 Å². The summed E-state index contributed by atoms with van der Waals surface area (Å²) < 4.78 is 1.71. The first kappa shape index (κ1) is 16.2. The molecule has 124 valence electrons. The number of nitrogens with one attached hydrogen (secondary N) is 2. The molecule has 3 rings (SSSR count). The highest BCUT2D eigenvalue weighted by Crippen LogP contribution is 2.25. The molecule has 0 radical (unpaired) electrons. The molecule has 0 bridgehead atoms. The van der Waals surface area contributed by atoms with Crippen LogP contribution in [0.15, 0.2) is 48.1 Å². The first-order valence-electron chi connectivity index (χ1n) is 7.64. The Labute approximate surface area is 144 Å². The van der Waals surface area contributed by atoms with Crippen LogP contribution in [0, 0.1) is 0 Å². The number of hydrogen-bond donors (Lipinski definition) is 2. The lowest BCUT2D eigenvalue weighted by atomic mass is 10.2. The molecule has 1 aromatic carbocycles. The molecule has 0 aliphatic rings. The van der Waals surface area contributed by atoms with E-state index in [1.807, 2.05) is 55.9 Å². The fraction of sp³-hybridized carbons (Fsp3) is 0.235. The predicted octanol–water partition coefficient (Wildman–Crippen LogP) is 3.10. The second-order valence-electron chi connectivity index (χ2n) is 5.51. The van der Waals surface area contributed by atoms with Gasteiger partial charge in [0.05, 0.1) is 17.9 Å². The number of aromatic nitrogens is 3. The van der Waals surface area contributed by atoms with Gasteiger partial charge in [-0.3, -0.25) is 4.68 Å². The van der Waals surface area contributed by atoms with Gasteiger partial charge in [-0.2, -0.15) is 5.10 Å². The molecule has 1 atom stereocenters. The fourth-order valence-corrected chi connectivity index (χ4v) is 3.12. The lowest BCUT2D eigenvalue weighted by molar-refractivity contribution is 0.237. The van der Waals surface area contributed by atoms with Crippen LogP contribution < -0.4 is 10.6 Å². The van der Waals surface area contributed by atoms with Gasteiger partial charge in [0.1, 0.15) is 5.01 Å². The van der Waals surface area contributed by atoms with Crippen molar-refractivity contribution in [1.29, 1.82) is 0 Å². The third kappa shape index (κ3) is 3.99. The topological polar surface area (TPSA) is 71.8 Å². The van der Waals surface area contributed by atoms with Crippen molar-refractivity contribution in [2.45, 2.75) is 19.5 Å². The van der Waals surface area contributed by atoms with E-state index in [0.717, 1.165) is 21.8 Å². The second-order valence-corrected chi connectivity index (χ2v) is 6.40. The molecule has 2 amide bonds. The average molecular weight is 341 g/mol. The predicted molar refractivity (Wildman–Crippen MR) is 94.5 cm³/mol. The lowest BCUT2D eigenvalue weighted by Crippen LogP contribution is -2.36. The van der Waals surface area contributed by atoms with Crippen LogP contribution in [-0.2, 0) is 13.6 Å². The molecule has 0 saturated heterocycles. The summed E-state index contributed by atoms with van der Waals surface area (Å²) in [7, 11) is 1.85. The minimum atomic E-state index is -0.220. The minimum Gasteiger partial charge on any atom is -0.334 e. The lowest BCUT2D eigenvalue weighted by Gasteiger charge is -2.12. The Morgan fingerprint density at radius 3 is 2.83 bits per heavy atom. The number of rotatable bonds is 5. The zero-order valence-electron chi connectivity index (χ0n) is 13.6. The van der Waals surface area contributed by atoms with Gasteiger partial charge in [-0.1, -0.05) is 30.3 Å². The first-order chi connectivity index (χ1) is 11.6. The van der Waals surface area contributed by atoms with Crippen molar-refractivity contribution in [1.82, 2.24) is 25.4 Å². The molecule has 0 fully saturated rings. The Kier molecular flexibility index (Phi) is 4.90. The Morgan fingerprint density at radius 1 is 1.33 bits per heavy atom. The van der Waals surface area contributed by atoms with Crippen LogP contribution in [-0.4, -0.2) is 20.8 Å². The molecule has 0 aliphatic heterocycles. The van der Waals surface area contributed by atoms with Crippen LogP contribution in [0.25, 0.3) is 11.3 Å². The number of amides is 2. The normalized spacial score (nSPS) is 11.9. The van der Waals surface area contributed by atoms with E-state index in [1.54, 1.807) is 22.2 Å². The summed E-state index contributed by atoms with van der Waals surface area (Å²) in [5.74, 6) is 0. The van der Waals surface area contributed by atoms with Gasteiger partial charge in [-0.05, 0) is 6.92 Å². The Morgan fingerprint density at radius 2 is 2.12 bits per heavy atom. The maximum atomic E-state index is 12.0. The van der Waals surface area contributed by atoms with Crippen molar-refractivity contribution in [2.75, 3.05) is 0 Å². The van der Waals surface area contributed by atoms with Crippen LogP contribution in [0.5, 0.6) is 0 Å².